The van der Waals surface area contributed by atoms with Crippen molar-refractivity contribution in [2.24, 2.45) is 0 Å². The number of amides is 3. The lowest BCUT2D eigenvalue weighted by atomic mass is 10.1. The molecule has 0 heterocycles. The Bertz CT molecular complexity index is 720. The van der Waals surface area contributed by atoms with Gasteiger partial charge in [0.15, 0.2) is 0 Å². The fourth-order valence-corrected chi connectivity index (χ4v) is 2.15. The normalized spacial score (nSPS) is 14.3. The highest BCUT2D eigenvalue weighted by Crippen LogP contribution is 2.25. The number of nitro benzene ring substituents is 1. The Morgan fingerprint density at radius 1 is 1.36 bits per heavy atom. The fraction of sp³-hybridized carbons (Fsp3) is 0.400. The van der Waals surface area contributed by atoms with Crippen LogP contribution in [0, 0.1) is 10.1 Å². The first-order valence-electron chi connectivity index (χ1n) is 7.60. The number of rotatable bonds is 7. The van der Waals surface area contributed by atoms with Gasteiger partial charge >= 0.3 is 0 Å². The summed E-state index contributed by atoms with van der Waals surface area (Å²) in [6.45, 7) is 1.26. The zero-order chi connectivity index (χ0) is 18.6. The highest BCUT2D eigenvalue weighted by atomic mass is 35.5. The Morgan fingerprint density at radius 3 is 2.64 bits per heavy atom. The molecule has 0 aliphatic heterocycles. The van der Waals surface area contributed by atoms with Crippen LogP contribution in [-0.2, 0) is 9.59 Å². The van der Waals surface area contributed by atoms with E-state index in [9.17, 15) is 24.5 Å². The highest BCUT2D eigenvalue weighted by molar-refractivity contribution is 6.32. The van der Waals surface area contributed by atoms with Crippen molar-refractivity contribution < 1.29 is 19.3 Å². The van der Waals surface area contributed by atoms with Gasteiger partial charge in [0.05, 0.1) is 11.5 Å². The first-order chi connectivity index (χ1) is 11.8. The molecule has 0 saturated heterocycles. The van der Waals surface area contributed by atoms with Crippen LogP contribution in [0.2, 0.25) is 5.02 Å². The standard InChI is InChI=1S/C15H17ClN4O5/c1-8(14(22)17-7-13(21)19-10-3-4-10)18-15(23)9-2-5-11(16)12(6-9)20(24)25/h2,5-6,8,10H,3-4,7H2,1H3,(H,17,22)(H,18,23)(H,19,21)/t8-/m0/s1. The maximum Gasteiger partial charge on any atom is 0.288 e. The molecule has 0 radical (unpaired) electrons. The van der Waals surface area contributed by atoms with Crippen LogP contribution in [0.1, 0.15) is 30.1 Å². The molecule has 1 aliphatic rings. The van der Waals surface area contributed by atoms with E-state index in [4.69, 9.17) is 11.6 Å². The van der Waals surface area contributed by atoms with Crippen LogP contribution in [0.5, 0.6) is 0 Å². The summed E-state index contributed by atoms with van der Waals surface area (Å²) in [5, 5.41) is 18.3. The average molecular weight is 369 g/mol. The van der Waals surface area contributed by atoms with Crippen LogP contribution in [0.15, 0.2) is 18.2 Å². The van der Waals surface area contributed by atoms with Crippen molar-refractivity contribution >= 4 is 35.0 Å². The maximum absolute atomic E-state index is 12.1. The second kappa shape index (κ2) is 7.93. The first-order valence-corrected chi connectivity index (χ1v) is 7.97. The van der Waals surface area contributed by atoms with Crippen molar-refractivity contribution in [1.29, 1.82) is 0 Å². The number of nitro groups is 1. The second-order valence-corrected chi connectivity index (χ2v) is 6.09. The molecule has 1 aliphatic carbocycles. The summed E-state index contributed by atoms with van der Waals surface area (Å²) in [4.78, 5) is 45.7. The van der Waals surface area contributed by atoms with Gasteiger partial charge < -0.3 is 16.0 Å². The van der Waals surface area contributed by atoms with Crippen molar-refractivity contribution in [3.63, 3.8) is 0 Å². The molecule has 0 bridgehead atoms. The number of nitrogens with one attached hydrogen (secondary N) is 3. The predicted octanol–water partition coefficient (Wildman–Crippen LogP) is 0.761. The average Bonchev–Trinajstić information content (AvgIpc) is 3.36. The zero-order valence-electron chi connectivity index (χ0n) is 13.4. The lowest BCUT2D eigenvalue weighted by Gasteiger charge is -2.14. The van der Waals surface area contributed by atoms with E-state index in [0.717, 1.165) is 18.9 Å². The Morgan fingerprint density at radius 2 is 2.04 bits per heavy atom. The number of carbonyl (C=O) groups is 3. The van der Waals surface area contributed by atoms with E-state index in [1.807, 2.05) is 0 Å². The van der Waals surface area contributed by atoms with Gasteiger partial charge in [-0.15, -0.1) is 0 Å². The van der Waals surface area contributed by atoms with Gasteiger partial charge in [0.25, 0.3) is 11.6 Å². The van der Waals surface area contributed by atoms with Gasteiger partial charge in [0.2, 0.25) is 11.8 Å². The molecule has 0 spiro atoms. The van der Waals surface area contributed by atoms with Crippen molar-refractivity contribution in [3.05, 3.63) is 38.9 Å². The number of hydrogen-bond acceptors (Lipinski definition) is 5. The molecule has 10 heteroatoms. The van der Waals surface area contributed by atoms with E-state index < -0.39 is 28.5 Å². The molecule has 1 fully saturated rings. The lowest BCUT2D eigenvalue weighted by Crippen LogP contribution is -2.47. The van der Waals surface area contributed by atoms with E-state index in [-0.39, 0.29) is 29.1 Å². The molecule has 25 heavy (non-hydrogen) atoms. The largest absolute Gasteiger partial charge is 0.352 e. The van der Waals surface area contributed by atoms with Crippen molar-refractivity contribution in [2.45, 2.75) is 31.8 Å². The van der Waals surface area contributed by atoms with Gasteiger partial charge in [-0.25, -0.2) is 0 Å². The zero-order valence-corrected chi connectivity index (χ0v) is 14.1. The van der Waals surface area contributed by atoms with Crippen molar-refractivity contribution in [2.75, 3.05) is 6.54 Å². The quantitative estimate of drug-likeness (QED) is 0.483. The summed E-state index contributed by atoms with van der Waals surface area (Å²) >= 11 is 5.69. The number of carbonyl (C=O) groups excluding carboxylic acids is 3. The Balaban J connectivity index is 1.88. The SMILES string of the molecule is C[C@H](NC(=O)c1ccc(Cl)c([N+](=O)[O-])c1)C(=O)NCC(=O)NC1CC1. The smallest absolute Gasteiger partial charge is 0.288 e. The summed E-state index contributed by atoms with van der Waals surface area (Å²) in [5.74, 6) is -1.49. The molecular formula is C15H17ClN4O5. The molecule has 2 rings (SSSR count). The molecule has 1 atom stereocenters. The van der Waals surface area contributed by atoms with Gasteiger partial charge in [-0.3, -0.25) is 24.5 Å². The predicted molar refractivity (Wildman–Crippen MR) is 89.2 cm³/mol. The summed E-state index contributed by atoms with van der Waals surface area (Å²) < 4.78 is 0. The third-order valence-electron chi connectivity index (χ3n) is 3.51. The molecule has 3 N–H and O–H groups in total. The van der Waals surface area contributed by atoms with Gasteiger partial charge in [-0.05, 0) is 31.9 Å². The van der Waals surface area contributed by atoms with Crippen LogP contribution >= 0.6 is 11.6 Å². The van der Waals surface area contributed by atoms with E-state index >= 15 is 0 Å². The van der Waals surface area contributed by atoms with Gasteiger partial charge in [0.1, 0.15) is 11.1 Å². The maximum atomic E-state index is 12.1. The number of nitrogens with zero attached hydrogens (tertiary/aromatic N) is 1. The molecule has 1 aromatic carbocycles. The Labute approximate surface area is 148 Å². The molecule has 9 nitrogen and oxygen atoms in total. The fourth-order valence-electron chi connectivity index (χ4n) is 1.97. The summed E-state index contributed by atoms with van der Waals surface area (Å²) in [6.07, 6.45) is 1.89. The number of hydrogen-bond donors (Lipinski definition) is 3. The third kappa shape index (κ3) is 5.42. The third-order valence-corrected chi connectivity index (χ3v) is 3.83. The van der Waals surface area contributed by atoms with E-state index in [1.54, 1.807) is 0 Å². The molecule has 3 amide bonds. The monoisotopic (exact) mass is 368 g/mol. The topological polar surface area (TPSA) is 130 Å². The van der Waals surface area contributed by atoms with Gasteiger partial charge in [-0.1, -0.05) is 11.6 Å². The lowest BCUT2D eigenvalue weighted by molar-refractivity contribution is -0.384. The van der Waals surface area contributed by atoms with Gasteiger partial charge in [0, 0.05) is 17.7 Å². The molecule has 134 valence electrons. The van der Waals surface area contributed by atoms with E-state index in [0.29, 0.717) is 0 Å². The summed E-state index contributed by atoms with van der Waals surface area (Å²) in [7, 11) is 0. The number of halogens is 1. The van der Waals surface area contributed by atoms with Crippen LogP contribution in [0.3, 0.4) is 0 Å². The molecule has 0 unspecified atom stereocenters. The molecular weight excluding hydrogens is 352 g/mol. The van der Waals surface area contributed by atoms with Crippen LogP contribution in [0.25, 0.3) is 0 Å². The van der Waals surface area contributed by atoms with Crippen LogP contribution in [-0.4, -0.2) is 41.3 Å². The van der Waals surface area contributed by atoms with E-state index in [1.165, 1.54) is 19.1 Å². The first kappa shape index (κ1) is 18.7. The van der Waals surface area contributed by atoms with Crippen molar-refractivity contribution in [1.82, 2.24) is 16.0 Å². The van der Waals surface area contributed by atoms with Crippen LogP contribution < -0.4 is 16.0 Å². The minimum Gasteiger partial charge on any atom is -0.352 e. The minimum absolute atomic E-state index is 0.00206. The Kier molecular flexibility index (Phi) is 5.92. The Hall–Kier alpha value is -2.68. The molecule has 1 aromatic rings. The van der Waals surface area contributed by atoms with Gasteiger partial charge in [-0.2, -0.15) is 0 Å². The minimum atomic E-state index is -0.920. The molecule has 1 saturated carbocycles. The number of benzene rings is 1. The highest BCUT2D eigenvalue weighted by Gasteiger charge is 2.24. The van der Waals surface area contributed by atoms with Crippen molar-refractivity contribution in [3.8, 4) is 0 Å². The summed E-state index contributed by atoms with van der Waals surface area (Å²) in [6, 6.07) is 2.86. The van der Waals surface area contributed by atoms with Crippen LogP contribution in [0.4, 0.5) is 5.69 Å². The van der Waals surface area contributed by atoms with E-state index in [2.05, 4.69) is 16.0 Å². The summed E-state index contributed by atoms with van der Waals surface area (Å²) in [5.41, 5.74) is -0.398. The molecule has 0 aromatic heterocycles. The second-order valence-electron chi connectivity index (χ2n) is 5.68.